The van der Waals surface area contributed by atoms with E-state index in [2.05, 4.69) is 0 Å². The van der Waals surface area contributed by atoms with Gasteiger partial charge in [-0.3, -0.25) is 4.79 Å². The monoisotopic (exact) mass is 223 g/mol. The van der Waals surface area contributed by atoms with E-state index in [9.17, 15) is 9.90 Å². The molecule has 0 aliphatic heterocycles. The average molecular weight is 223 g/mol. The quantitative estimate of drug-likeness (QED) is 0.727. The first-order chi connectivity index (χ1) is 7.60. The molecule has 0 amide bonds. The minimum atomic E-state index is -1.13. The molecule has 1 unspecified atom stereocenters. The zero-order chi connectivity index (χ0) is 12.1. The summed E-state index contributed by atoms with van der Waals surface area (Å²) in [4.78, 5) is 11.6. The molecule has 1 rings (SSSR count). The van der Waals surface area contributed by atoms with Crippen LogP contribution in [-0.2, 0) is 0 Å². The number of carbonyl (C=O) groups excluding carboxylic acids is 1. The molecule has 0 saturated heterocycles. The maximum atomic E-state index is 11.6. The van der Waals surface area contributed by atoms with Gasteiger partial charge in [0.05, 0.1) is 6.61 Å². The second-order valence-corrected chi connectivity index (χ2v) is 3.53. The predicted octanol–water partition coefficient (Wildman–Crippen LogP) is 0.896. The smallest absolute Gasteiger partial charge is 0.192 e. The highest BCUT2D eigenvalue weighted by Gasteiger charge is 2.16. The zero-order valence-corrected chi connectivity index (χ0v) is 9.56. The Hall–Kier alpha value is -1.39. The summed E-state index contributed by atoms with van der Waals surface area (Å²) in [5.41, 5.74) is 6.56. The molecule has 4 heteroatoms. The predicted molar refractivity (Wildman–Crippen MR) is 61.7 cm³/mol. The average Bonchev–Trinajstić information content (AvgIpc) is 2.30. The number of hydrogen-bond donors (Lipinski definition) is 2. The van der Waals surface area contributed by atoms with Crippen LogP contribution in [0.5, 0.6) is 5.75 Å². The van der Waals surface area contributed by atoms with Crippen LogP contribution < -0.4 is 10.5 Å². The van der Waals surface area contributed by atoms with Crippen molar-refractivity contribution in [3.05, 3.63) is 29.3 Å². The van der Waals surface area contributed by atoms with Crippen LogP contribution in [-0.4, -0.2) is 30.1 Å². The largest absolute Gasteiger partial charge is 0.494 e. The molecule has 0 radical (unpaired) electrons. The number of hydrogen-bond acceptors (Lipinski definition) is 4. The fraction of sp³-hybridized carbons (Fsp3) is 0.417. The Labute approximate surface area is 95.0 Å². The third-order valence-corrected chi connectivity index (χ3v) is 2.29. The van der Waals surface area contributed by atoms with Crippen LogP contribution in [0.2, 0.25) is 0 Å². The van der Waals surface area contributed by atoms with E-state index in [0.29, 0.717) is 12.2 Å². The van der Waals surface area contributed by atoms with Gasteiger partial charge < -0.3 is 15.6 Å². The topological polar surface area (TPSA) is 72.5 Å². The number of nitrogens with two attached hydrogens (primary N) is 1. The Bertz CT molecular complexity index is 377. The number of aryl methyl sites for hydroxylation is 1. The van der Waals surface area contributed by atoms with E-state index in [4.69, 9.17) is 10.5 Å². The third kappa shape index (κ3) is 2.81. The molecule has 1 aromatic rings. The second kappa shape index (κ2) is 5.63. The fourth-order valence-electron chi connectivity index (χ4n) is 1.42. The van der Waals surface area contributed by atoms with Crippen molar-refractivity contribution in [3.63, 3.8) is 0 Å². The molecule has 0 heterocycles. The van der Waals surface area contributed by atoms with E-state index in [-0.39, 0.29) is 12.3 Å². The fourth-order valence-corrected chi connectivity index (χ4v) is 1.42. The van der Waals surface area contributed by atoms with Crippen LogP contribution >= 0.6 is 0 Å². The first-order valence-corrected chi connectivity index (χ1v) is 5.26. The van der Waals surface area contributed by atoms with Crippen molar-refractivity contribution in [2.24, 2.45) is 5.73 Å². The molecule has 0 spiro atoms. The minimum absolute atomic E-state index is 0.0644. The third-order valence-electron chi connectivity index (χ3n) is 2.29. The van der Waals surface area contributed by atoms with Gasteiger partial charge in [-0.1, -0.05) is 0 Å². The molecule has 0 fully saturated rings. The Balaban J connectivity index is 2.92. The van der Waals surface area contributed by atoms with Crippen molar-refractivity contribution >= 4 is 5.78 Å². The van der Waals surface area contributed by atoms with Gasteiger partial charge in [0.15, 0.2) is 5.78 Å². The number of aliphatic hydroxyl groups is 1. The van der Waals surface area contributed by atoms with Crippen LogP contribution in [0, 0.1) is 6.92 Å². The number of Topliss-reactive ketones (excluding diaryl/α,β-unsaturated/α-hetero) is 1. The van der Waals surface area contributed by atoms with E-state index in [1.807, 2.05) is 13.8 Å². The van der Waals surface area contributed by atoms with Gasteiger partial charge >= 0.3 is 0 Å². The van der Waals surface area contributed by atoms with Crippen molar-refractivity contribution < 1.29 is 14.6 Å². The Morgan fingerprint density at radius 3 is 2.75 bits per heavy atom. The maximum absolute atomic E-state index is 11.6. The number of carbonyl (C=O) groups is 1. The summed E-state index contributed by atoms with van der Waals surface area (Å²) in [5, 5.41) is 9.34. The van der Waals surface area contributed by atoms with Crippen LogP contribution in [0.3, 0.4) is 0 Å². The summed E-state index contributed by atoms with van der Waals surface area (Å²) in [5.74, 6) is 0.398. The maximum Gasteiger partial charge on any atom is 0.192 e. The summed E-state index contributed by atoms with van der Waals surface area (Å²) < 4.78 is 5.36. The summed E-state index contributed by atoms with van der Waals surface area (Å²) in [6.07, 6.45) is -1.13. The van der Waals surface area contributed by atoms with E-state index >= 15 is 0 Å². The zero-order valence-electron chi connectivity index (χ0n) is 9.56. The number of aliphatic hydroxyl groups excluding tert-OH is 1. The number of rotatable bonds is 5. The summed E-state index contributed by atoms with van der Waals surface area (Å²) in [6, 6.07) is 5.07. The summed E-state index contributed by atoms with van der Waals surface area (Å²) >= 11 is 0. The van der Waals surface area contributed by atoms with Crippen molar-refractivity contribution in [2.45, 2.75) is 20.0 Å². The van der Waals surface area contributed by atoms with Crippen LogP contribution in [0.25, 0.3) is 0 Å². The molecule has 88 valence electrons. The molecule has 4 nitrogen and oxygen atoms in total. The molecule has 0 aromatic heterocycles. The first kappa shape index (κ1) is 12.7. The lowest BCUT2D eigenvalue weighted by molar-refractivity contribution is 0.0763. The van der Waals surface area contributed by atoms with E-state index in [0.717, 1.165) is 11.3 Å². The lowest BCUT2D eigenvalue weighted by Gasteiger charge is -2.10. The molecule has 0 saturated carbocycles. The van der Waals surface area contributed by atoms with Gasteiger partial charge in [0.2, 0.25) is 0 Å². The lowest BCUT2D eigenvalue weighted by Crippen LogP contribution is -2.29. The highest BCUT2D eigenvalue weighted by Crippen LogP contribution is 2.19. The molecule has 3 N–H and O–H groups in total. The molecular formula is C12H17NO3. The summed E-state index contributed by atoms with van der Waals surface area (Å²) in [7, 11) is 0. The Kier molecular flexibility index (Phi) is 4.46. The molecule has 0 aliphatic rings. The van der Waals surface area contributed by atoms with Gasteiger partial charge in [-0.2, -0.15) is 0 Å². The van der Waals surface area contributed by atoms with Crippen molar-refractivity contribution in [1.82, 2.24) is 0 Å². The number of ketones is 1. The molecule has 0 bridgehead atoms. The van der Waals surface area contributed by atoms with Gasteiger partial charge in [-0.05, 0) is 37.6 Å². The molecule has 16 heavy (non-hydrogen) atoms. The van der Waals surface area contributed by atoms with Gasteiger partial charge in [0, 0.05) is 12.1 Å². The minimum Gasteiger partial charge on any atom is -0.494 e. The van der Waals surface area contributed by atoms with E-state index in [1.165, 1.54) is 0 Å². The summed E-state index contributed by atoms with van der Waals surface area (Å²) in [6.45, 7) is 4.28. The van der Waals surface area contributed by atoms with Gasteiger partial charge in [0.1, 0.15) is 11.9 Å². The second-order valence-electron chi connectivity index (χ2n) is 3.53. The normalized spacial score (nSPS) is 12.2. The molecule has 1 aromatic carbocycles. The van der Waals surface area contributed by atoms with Crippen LogP contribution in [0.4, 0.5) is 0 Å². The Morgan fingerprint density at radius 2 is 2.25 bits per heavy atom. The van der Waals surface area contributed by atoms with Gasteiger partial charge in [0.25, 0.3) is 0 Å². The van der Waals surface area contributed by atoms with E-state index in [1.54, 1.807) is 18.2 Å². The highest BCUT2D eigenvalue weighted by molar-refractivity contribution is 5.99. The SMILES string of the molecule is CCOc1ccc(C(=O)C(O)CN)cc1C. The number of ether oxygens (including phenoxy) is 1. The van der Waals surface area contributed by atoms with Crippen molar-refractivity contribution in [2.75, 3.05) is 13.2 Å². The van der Waals surface area contributed by atoms with Gasteiger partial charge in [-0.15, -0.1) is 0 Å². The van der Waals surface area contributed by atoms with Crippen LogP contribution in [0.15, 0.2) is 18.2 Å². The van der Waals surface area contributed by atoms with Crippen molar-refractivity contribution in [1.29, 1.82) is 0 Å². The molecule has 1 atom stereocenters. The van der Waals surface area contributed by atoms with Gasteiger partial charge in [-0.25, -0.2) is 0 Å². The van der Waals surface area contributed by atoms with Crippen LogP contribution in [0.1, 0.15) is 22.8 Å². The molecular weight excluding hydrogens is 206 g/mol. The lowest BCUT2D eigenvalue weighted by atomic mass is 10.0. The highest BCUT2D eigenvalue weighted by atomic mass is 16.5. The number of benzene rings is 1. The standard InChI is InChI=1S/C12H17NO3/c1-3-16-11-5-4-9(6-8(11)2)12(15)10(14)7-13/h4-6,10,14H,3,7,13H2,1-2H3. The Morgan fingerprint density at radius 1 is 1.56 bits per heavy atom. The van der Waals surface area contributed by atoms with Crippen molar-refractivity contribution in [3.8, 4) is 5.75 Å². The van der Waals surface area contributed by atoms with E-state index < -0.39 is 6.10 Å². The molecule has 0 aliphatic carbocycles. The first-order valence-electron chi connectivity index (χ1n) is 5.26.